The van der Waals surface area contributed by atoms with Crippen LogP contribution in [-0.4, -0.2) is 31.4 Å². The van der Waals surface area contributed by atoms with Crippen molar-refractivity contribution in [1.82, 2.24) is 20.2 Å². The van der Waals surface area contributed by atoms with Crippen molar-refractivity contribution >= 4 is 35.0 Å². The zero-order valence-corrected chi connectivity index (χ0v) is 15.3. The van der Waals surface area contributed by atoms with Gasteiger partial charge in [0.25, 0.3) is 0 Å². The lowest BCUT2D eigenvalue weighted by atomic mass is 10.1. The summed E-state index contributed by atoms with van der Waals surface area (Å²) in [6.45, 7) is 7.72. The summed E-state index contributed by atoms with van der Waals surface area (Å²) in [6.07, 6.45) is 0. The number of aromatic nitrogens is 4. The van der Waals surface area contributed by atoms with Gasteiger partial charge in [-0.3, -0.25) is 4.79 Å². The molecular weight excluding hydrogens is 348 g/mol. The molecule has 126 valence electrons. The minimum absolute atomic E-state index is 0.204. The number of nitrogens with zero attached hydrogens (tertiary/aromatic N) is 5. The molecule has 0 bridgehead atoms. The Bertz CT molecular complexity index is 792. The van der Waals surface area contributed by atoms with Crippen LogP contribution < -0.4 is 5.32 Å². The van der Waals surface area contributed by atoms with Crippen LogP contribution in [0, 0.1) is 11.3 Å². The van der Waals surface area contributed by atoms with Crippen LogP contribution in [0.5, 0.6) is 0 Å². The number of hydrogen-bond acceptors (Lipinski definition) is 6. The number of nitrogens with one attached hydrogen (secondary N) is 1. The first kappa shape index (κ1) is 18.2. The topological polar surface area (TPSA) is 96.5 Å². The SMILES string of the molecule is C[C@@H](Sc1nnnn1C(C)(C)C)C(=O)Nc1ccc(C#N)c(Cl)c1. The van der Waals surface area contributed by atoms with E-state index in [1.54, 1.807) is 29.8 Å². The van der Waals surface area contributed by atoms with E-state index in [1.165, 1.54) is 11.8 Å². The van der Waals surface area contributed by atoms with E-state index in [0.29, 0.717) is 21.4 Å². The quantitative estimate of drug-likeness (QED) is 0.837. The molecule has 7 nitrogen and oxygen atoms in total. The van der Waals surface area contributed by atoms with Crippen molar-refractivity contribution in [2.75, 3.05) is 5.32 Å². The number of carbonyl (C=O) groups excluding carboxylic acids is 1. The van der Waals surface area contributed by atoms with E-state index in [1.807, 2.05) is 26.8 Å². The van der Waals surface area contributed by atoms with Gasteiger partial charge in [0.05, 0.1) is 21.4 Å². The number of rotatable bonds is 4. The maximum absolute atomic E-state index is 12.3. The Kier molecular flexibility index (Phi) is 5.47. The molecule has 9 heteroatoms. The molecule has 0 aliphatic carbocycles. The summed E-state index contributed by atoms with van der Waals surface area (Å²) in [5, 5.41) is 23.7. The molecule has 0 aliphatic rings. The van der Waals surface area contributed by atoms with Gasteiger partial charge in [-0.25, -0.2) is 4.68 Å². The van der Waals surface area contributed by atoms with Crippen molar-refractivity contribution in [3.63, 3.8) is 0 Å². The van der Waals surface area contributed by atoms with Crippen LogP contribution in [0.25, 0.3) is 0 Å². The first-order valence-electron chi connectivity index (χ1n) is 7.18. The largest absolute Gasteiger partial charge is 0.325 e. The van der Waals surface area contributed by atoms with Crippen molar-refractivity contribution in [3.05, 3.63) is 28.8 Å². The molecule has 2 rings (SSSR count). The molecule has 1 heterocycles. The van der Waals surface area contributed by atoms with Crippen LogP contribution in [0.4, 0.5) is 5.69 Å². The van der Waals surface area contributed by atoms with E-state index in [9.17, 15) is 4.79 Å². The molecule has 1 N–H and O–H groups in total. The average Bonchev–Trinajstić information content (AvgIpc) is 2.95. The minimum atomic E-state index is -0.411. The molecule has 1 aromatic heterocycles. The van der Waals surface area contributed by atoms with Gasteiger partial charge in [0.1, 0.15) is 6.07 Å². The lowest BCUT2D eigenvalue weighted by Crippen LogP contribution is -2.27. The van der Waals surface area contributed by atoms with E-state index >= 15 is 0 Å². The molecule has 1 atom stereocenters. The highest BCUT2D eigenvalue weighted by Crippen LogP contribution is 2.26. The fraction of sp³-hybridized carbons (Fsp3) is 0.400. The minimum Gasteiger partial charge on any atom is -0.325 e. The summed E-state index contributed by atoms with van der Waals surface area (Å²) < 4.78 is 1.68. The molecule has 0 unspecified atom stereocenters. The van der Waals surface area contributed by atoms with E-state index < -0.39 is 5.25 Å². The Hall–Kier alpha value is -2.11. The Morgan fingerprint density at radius 3 is 2.75 bits per heavy atom. The molecule has 0 saturated heterocycles. The third kappa shape index (κ3) is 4.24. The molecule has 0 saturated carbocycles. The highest BCUT2D eigenvalue weighted by Gasteiger charge is 2.24. The Labute approximate surface area is 149 Å². The Morgan fingerprint density at radius 2 is 2.17 bits per heavy atom. The Balaban J connectivity index is 2.07. The summed E-state index contributed by atoms with van der Waals surface area (Å²) >= 11 is 7.24. The Morgan fingerprint density at radius 1 is 1.46 bits per heavy atom. The van der Waals surface area contributed by atoms with Crippen LogP contribution in [0.2, 0.25) is 5.02 Å². The average molecular weight is 365 g/mol. The molecule has 1 aromatic carbocycles. The van der Waals surface area contributed by atoms with E-state index in [2.05, 4.69) is 20.8 Å². The van der Waals surface area contributed by atoms with Crippen LogP contribution >= 0.6 is 23.4 Å². The highest BCUT2D eigenvalue weighted by atomic mass is 35.5. The number of nitriles is 1. The highest BCUT2D eigenvalue weighted by molar-refractivity contribution is 8.00. The molecule has 1 amide bonds. The normalized spacial score (nSPS) is 12.5. The summed E-state index contributed by atoms with van der Waals surface area (Å²) in [4.78, 5) is 12.3. The van der Waals surface area contributed by atoms with Crippen LogP contribution in [0.3, 0.4) is 0 Å². The number of thioether (sulfide) groups is 1. The molecule has 24 heavy (non-hydrogen) atoms. The number of tetrazole rings is 1. The first-order chi connectivity index (χ1) is 11.2. The van der Waals surface area contributed by atoms with Gasteiger partial charge in [-0.15, -0.1) is 5.10 Å². The summed E-state index contributed by atoms with van der Waals surface area (Å²) in [5.74, 6) is -0.204. The van der Waals surface area contributed by atoms with Crippen LogP contribution in [-0.2, 0) is 10.3 Å². The second-order valence-electron chi connectivity index (χ2n) is 6.10. The third-order valence-electron chi connectivity index (χ3n) is 3.08. The number of halogens is 1. The monoisotopic (exact) mass is 364 g/mol. The van der Waals surface area contributed by atoms with Crippen LogP contribution in [0.1, 0.15) is 33.3 Å². The molecule has 0 radical (unpaired) electrons. The fourth-order valence-corrected chi connectivity index (χ4v) is 3.01. The summed E-state index contributed by atoms with van der Waals surface area (Å²) in [7, 11) is 0. The van der Waals surface area contributed by atoms with Crippen molar-refractivity contribution < 1.29 is 4.79 Å². The number of benzene rings is 1. The lowest BCUT2D eigenvalue weighted by Gasteiger charge is -2.20. The second kappa shape index (κ2) is 7.20. The zero-order chi connectivity index (χ0) is 17.9. The third-order valence-corrected chi connectivity index (χ3v) is 4.43. The number of hydrogen-bond donors (Lipinski definition) is 1. The van der Waals surface area contributed by atoms with Gasteiger partial charge >= 0.3 is 0 Å². The van der Waals surface area contributed by atoms with Crippen molar-refractivity contribution in [2.45, 2.75) is 43.6 Å². The molecular formula is C15H17ClN6OS. The fourth-order valence-electron chi connectivity index (χ4n) is 1.81. The van der Waals surface area contributed by atoms with E-state index in [0.717, 1.165) is 0 Å². The van der Waals surface area contributed by atoms with Gasteiger partial charge in [-0.2, -0.15) is 5.26 Å². The maximum atomic E-state index is 12.3. The number of anilines is 1. The van der Waals surface area contributed by atoms with Gasteiger partial charge in [0.2, 0.25) is 11.1 Å². The molecule has 0 aliphatic heterocycles. The van der Waals surface area contributed by atoms with Crippen LogP contribution in [0.15, 0.2) is 23.4 Å². The van der Waals surface area contributed by atoms with E-state index in [4.69, 9.17) is 16.9 Å². The molecule has 0 spiro atoms. The van der Waals surface area contributed by atoms with Crippen molar-refractivity contribution in [1.29, 1.82) is 5.26 Å². The zero-order valence-electron chi connectivity index (χ0n) is 13.7. The summed E-state index contributed by atoms with van der Waals surface area (Å²) in [6, 6.07) is 6.73. The predicted molar refractivity (Wildman–Crippen MR) is 92.9 cm³/mol. The lowest BCUT2D eigenvalue weighted by molar-refractivity contribution is -0.115. The molecule has 2 aromatic rings. The van der Waals surface area contributed by atoms with Gasteiger partial charge < -0.3 is 5.32 Å². The van der Waals surface area contributed by atoms with Gasteiger partial charge in [-0.05, 0) is 56.3 Å². The van der Waals surface area contributed by atoms with Crippen molar-refractivity contribution in [2.24, 2.45) is 0 Å². The molecule has 0 fully saturated rings. The van der Waals surface area contributed by atoms with Gasteiger partial charge in [0, 0.05) is 5.69 Å². The van der Waals surface area contributed by atoms with Crippen molar-refractivity contribution in [3.8, 4) is 6.07 Å². The number of amides is 1. The second-order valence-corrected chi connectivity index (χ2v) is 7.82. The first-order valence-corrected chi connectivity index (χ1v) is 8.44. The van der Waals surface area contributed by atoms with Gasteiger partial charge in [-0.1, -0.05) is 23.4 Å². The summed E-state index contributed by atoms with van der Waals surface area (Å²) in [5.41, 5.74) is 0.621. The maximum Gasteiger partial charge on any atom is 0.237 e. The standard InChI is InChI=1S/C15H17ClN6OS/c1-9(24-14-19-20-21-22(14)15(2,3)4)13(23)18-11-6-5-10(8-17)12(16)7-11/h5-7,9H,1-4H3,(H,18,23)/t9-/m1/s1. The smallest absolute Gasteiger partial charge is 0.237 e. The van der Waals surface area contributed by atoms with Gasteiger partial charge in [0.15, 0.2) is 0 Å². The predicted octanol–water partition coefficient (Wildman–Crippen LogP) is 3.07. The van der Waals surface area contributed by atoms with E-state index in [-0.39, 0.29) is 11.4 Å². The number of carbonyl (C=O) groups is 1.